The van der Waals surface area contributed by atoms with Crippen LogP contribution in [0, 0.1) is 0 Å². The van der Waals surface area contributed by atoms with E-state index >= 15 is 0 Å². The molecule has 1 heterocycles. The zero-order valence-electron chi connectivity index (χ0n) is 10.1. The minimum Gasteiger partial charge on any atom is -0.385 e. The normalized spacial score (nSPS) is 16.1. The number of nitrogens with zero attached hydrogens (tertiary/aromatic N) is 2. The van der Waals surface area contributed by atoms with Crippen LogP contribution >= 0.6 is 0 Å². The van der Waals surface area contributed by atoms with Gasteiger partial charge in [0.1, 0.15) is 0 Å². The lowest BCUT2D eigenvalue weighted by molar-refractivity contribution is 0.191. The van der Waals surface area contributed by atoms with E-state index < -0.39 is 0 Å². The van der Waals surface area contributed by atoms with E-state index in [4.69, 9.17) is 4.74 Å². The van der Waals surface area contributed by atoms with Crippen LogP contribution in [-0.2, 0) is 4.74 Å². The molecule has 0 radical (unpaired) electrons. The number of likely N-dealkylation sites (N-methyl/N-ethyl adjacent to an activating group) is 1. The standard InChI is InChI=1S/C12H24N2O/c1-13-8-10-14(11-9-13)7-5-3-4-6-12-15-2/h8,10H,3-7,9,11-12H2,1-2H3. The summed E-state index contributed by atoms with van der Waals surface area (Å²) in [7, 11) is 3.90. The Balaban J connectivity index is 1.94. The molecule has 3 nitrogen and oxygen atoms in total. The molecule has 1 rings (SSSR count). The van der Waals surface area contributed by atoms with Crippen molar-refractivity contribution in [1.82, 2.24) is 9.80 Å². The number of rotatable bonds is 7. The second kappa shape index (κ2) is 7.57. The Kier molecular flexibility index (Phi) is 6.25. The third-order valence-electron chi connectivity index (χ3n) is 2.82. The van der Waals surface area contributed by atoms with Crippen molar-refractivity contribution in [2.75, 3.05) is 40.4 Å². The Bertz CT molecular complexity index is 182. The summed E-state index contributed by atoms with van der Waals surface area (Å²) in [5.41, 5.74) is 0. The molecule has 0 N–H and O–H groups in total. The van der Waals surface area contributed by atoms with Gasteiger partial charge in [-0.15, -0.1) is 0 Å². The Morgan fingerprint density at radius 1 is 1.07 bits per heavy atom. The maximum Gasteiger partial charge on any atom is 0.0462 e. The molecule has 0 unspecified atom stereocenters. The third kappa shape index (κ3) is 5.67. The molecule has 0 saturated heterocycles. The lowest BCUT2D eigenvalue weighted by Gasteiger charge is -2.28. The van der Waals surface area contributed by atoms with Crippen LogP contribution in [0.2, 0.25) is 0 Å². The van der Waals surface area contributed by atoms with E-state index in [1.807, 2.05) is 0 Å². The van der Waals surface area contributed by atoms with Crippen LogP contribution in [0.1, 0.15) is 25.7 Å². The van der Waals surface area contributed by atoms with Crippen LogP contribution < -0.4 is 0 Å². The van der Waals surface area contributed by atoms with Crippen molar-refractivity contribution in [3.8, 4) is 0 Å². The van der Waals surface area contributed by atoms with E-state index in [2.05, 4.69) is 29.2 Å². The summed E-state index contributed by atoms with van der Waals surface area (Å²) in [5.74, 6) is 0. The van der Waals surface area contributed by atoms with Crippen LogP contribution in [0.4, 0.5) is 0 Å². The van der Waals surface area contributed by atoms with Crippen molar-refractivity contribution in [2.24, 2.45) is 0 Å². The molecule has 0 aromatic heterocycles. The molecule has 0 aliphatic carbocycles. The maximum absolute atomic E-state index is 5.02. The molecule has 15 heavy (non-hydrogen) atoms. The summed E-state index contributed by atoms with van der Waals surface area (Å²) < 4.78 is 5.02. The highest BCUT2D eigenvalue weighted by molar-refractivity contribution is 4.87. The number of hydrogen-bond donors (Lipinski definition) is 0. The summed E-state index contributed by atoms with van der Waals surface area (Å²) in [6, 6.07) is 0. The van der Waals surface area contributed by atoms with Crippen molar-refractivity contribution >= 4 is 0 Å². The summed E-state index contributed by atoms with van der Waals surface area (Å²) in [6.07, 6.45) is 9.49. The van der Waals surface area contributed by atoms with Gasteiger partial charge in [0.2, 0.25) is 0 Å². The first-order chi connectivity index (χ1) is 7.33. The van der Waals surface area contributed by atoms with Crippen molar-refractivity contribution in [1.29, 1.82) is 0 Å². The smallest absolute Gasteiger partial charge is 0.0462 e. The average molecular weight is 212 g/mol. The molecule has 0 atom stereocenters. The van der Waals surface area contributed by atoms with Gasteiger partial charge in [-0.3, -0.25) is 0 Å². The van der Waals surface area contributed by atoms with Crippen LogP contribution in [0.15, 0.2) is 12.4 Å². The van der Waals surface area contributed by atoms with Crippen molar-refractivity contribution in [3.05, 3.63) is 12.4 Å². The van der Waals surface area contributed by atoms with Crippen molar-refractivity contribution < 1.29 is 4.74 Å². The second-order valence-corrected chi connectivity index (χ2v) is 4.22. The van der Waals surface area contributed by atoms with Gasteiger partial charge in [-0.05, 0) is 12.8 Å². The Morgan fingerprint density at radius 2 is 1.87 bits per heavy atom. The SMILES string of the molecule is COCCCCCCN1C=CN(C)CC1. The highest BCUT2D eigenvalue weighted by atomic mass is 16.5. The van der Waals surface area contributed by atoms with Gasteiger partial charge in [0.05, 0.1) is 0 Å². The topological polar surface area (TPSA) is 15.7 Å². The molecule has 1 aliphatic rings. The average Bonchev–Trinajstić information content (AvgIpc) is 2.26. The van der Waals surface area contributed by atoms with E-state index in [0.717, 1.165) is 13.2 Å². The molecule has 1 aliphatic heterocycles. The van der Waals surface area contributed by atoms with Crippen LogP contribution in [0.25, 0.3) is 0 Å². The van der Waals surface area contributed by atoms with E-state index in [9.17, 15) is 0 Å². The monoisotopic (exact) mass is 212 g/mol. The Hall–Kier alpha value is -0.700. The van der Waals surface area contributed by atoms with Gasteiger partial charge in [-0.2, -0.15) is 0 Å². The molecule has 0 amide bonds. The van der Waals surface area contributed by atoms with Gasteiger partial charge >= 0.3 is 0 Å². The summed E-state index contributed by atoms with van der Waals surface area (Å²) in [5, 5.41) is 0. The minimum atomic E-state index is 0.911. The first-order valence-corrected chi connectivity index (χ1v) is 5.94. The lowest BCUT2D eigenvalue weighted by Crippen LogP contribution is -2.32. The van der Waals surface area contributed by atoms with Gasteiger partial charge in [0.25, 0.3) is 0 Å². The number of hydrogen-bond acceptors (Lipinski definition) is 3. The molecule has 0 spiro atoms. The van der Waals surface area contributed by atoms with Crippen LogP contribution in [0.3, 0.4) is 0 Å². The molecule has 0 aromatic rings. The first-order valence-electron chi connectivity index (χ1n) is 5.94. The fraction of sp³-hybridized carbons (Fsp3) is 0.833. The molecule has 0 bridgehead atoms. The molecular formula is C12H24N2O. The molecule has 3 heteroatoms. The van der Waals surface area contributed by atoms with Gasteiger partial charge in [-0.25, -0.2) is 0 Å². The van der Waals surface area contributed by atoms with Gasteiger partial charge < -0.3 is 14.5 Å². The maximum atomic E-state index is 5.02. The van der Waals surface area contributed by atoms with Crippen molar-refractivity contribution in [2.45, 2.75) is 25.7 Å². The van der Waals surface area contributed by atoms with Gasteiger partial charge in [0, 0.05) is 52.8 Å². The first kappa shape index (κ1) is 12.4. The quantitative estimate of drug-likeness (QED) is 0.600. The van der Waals surface area contributed by atoms with Crippen molar-refractivity contribution in [3.63, 3.8) is 0 Å². The van der Waals surface area contributed by atoms with E-state index in [1.165, 1.54) is 38.8 Å². The molecular weight excluding hydrogens is 188 g/mol. The zero-order chi connectivity index (χ0) is 10.9. The molecule has 0 fully saturated rings. The summed E-state index contributed by atoms with van der Waals surface area (Å²) in [6.45, 7) is 4.44. The van der Waals surface area contributed by atoms with E-state index in [0.29, 0.717) is 0 Å². The Labute approximate surface area is 93.7 Å². The third-order valence-corrected chi connectivity index (χ3v) is 2.82. The fourth-order valence-corrected chi connectivity index (χ4v) is 1.74. The molecule has 0 aromatic carbocycles. The lowest BCUT2D eigenvalue weighted by atomic mass is 10.2. The minimum absolute atomic E-state index is 0.911. The predicted octanol–water partition coefficient (Wildman–Crippen LogP) is 1.91. The second-order valence-electron chi connectivity index (χ2n) is 4.22. The van der Waals surface area contributed by atoms with E-state index in [-0.39, 0.29) is 0 Å². The number of unbranched alkanes of at least 4 members (excludes halogenated alkanes) is 3. The van der Waals surface area contributed by atoms with Crippen LogP contribution in [-0.4, -0.2) is 50.2 Å². The highest BCUT2D eigenvalue weighted by Gasteiger charge is 2.05. The van der Waals surface area contributed by atoms with Gasteiger partial charge in [-0.1, -0.05) is 12.8 Å². The summed E-state index contributed by atoms with van der Waals surface area (Å²) in [4.78, 5) is 4.64. The summed E-state index contributed by atoms with van der Waals surface area (Å²) >= 11 is 0. The van der Waals surface area contributed by atoms with Gasteiger partial charge in [0.15, 0.2) is 0 Å². The Morgan fingerprint density at radius 3 is 2.53 bits per heavy atom. The largest absolute Gasteiger partial charge is 0.385 e. The van der Waals surface area contributed by atoms with Crippen LogP contribution in [0.5, 0.6) is 0 Å². The number of ether oxygens (including phenoxy) is 1. The predicted molar refractivity (Wildman–Crippen MR) is 63.7 cm³/mol. The zero-order valence-corrected chi connectivity index (χ0v) is 10.1. The molecule has 88 valence electrons. The fourth-order valence-electron chi connectivity index (χ4n) is 1.74. The van der Waals surface area contributed by atoms with E-state index in [1.54, 1.807) is 7.11 Å². The number of methoxy groups -OCH3 is 1. The molecule has 0 saturated carbocycles. The highest BCUT2D eigenvalue weighted by Crippen LogP contribution is 2.05.